The van der Waals surface area contributed by atoms with Gasteiger partial charge in [0.1, 0.15) is 0 Å². The van der Waals surface area contributed by atoms with Crippen LogP contribution in [0.4, 0.5) is 0 Å². The molecule has 0 fully saturated rings. The van der Waals surface area contributed by atoms with Crippen molar-refractivity contribution in [2.24, 2.45) is 0 Å². The van der Waals surface area contributed by atoms with E-state index in [0.717, 1.165) is 10.6 Å². The van der Waals surface area contributed by atoms with E-state index in [2.05, 4.69) is 23.4 Å². The molecule has 0 saturated heterocycles. The largest absolute Gasteiger partial charge is 0.159 e. The quantitative estimate of drug-likeness (QED) is 0.531. The van der Waals surface area contributed by atoms with Crippen molar-refractivity contribution in [1.82, 2.24) is 10.2 Å². The molecule has 10 heavy (non-hydrogen) atoms. The Kier molecular flexibility index (Phi) is 1.95. The van der Waals surface area contributed by atoms with Crippen LogP contribution in [0.2, 0.25) is 0 Å². The Hall–Kier alpha value is -1.44. The SMILES string of the molecule is C=C/C=c1/nnccc1=C. The molecule has 0 aliphatic rings. The maximum atomic E-state index is 3.83. The lowest BCUT2D eigenvalue weighted by atomic mass is 10.4. The summed E-state index contributed by atoms with van der Waals surface area (Å²) < 4.78 is 0. The fourth-order valence-corrected chi connectivity index (χ4v) is 0.620. The lowest BCUT2D eigenvalue weighted by molar-refractivity contribution is 0.983. The van der Waals surface area contributed by atoms with E-state index in [0.29, 0.717) is 0 Å². The molecule has 0 aliphatic heterocycles. The number of allylic oxidation sites excluding steroid dienone is 1. The van der Waals surface area contributed by atoms with Crippen LogP contribution in [0.3, 0.4) is 0 Å². The molecule has 1 rings (SSSR count). The first-order chi connectivity index (χ1) is 4.84. The van der Waals surface area contributed by atoms with Crippen molar-refractivity contribution in [3.63, 3.8) is 0 Å². The van der Waals surface area contributed by atoms with E-state index < -0.39 is 0 Å². The summed E-state index contributed by atoms with van der Waals surface area (Å²) in [7, 11) is 0. The first kappa shape index (κ1) is 6.68. The number of nitrogens with zero attached hydrogens (tertiary/aromatic N) is 2. The Morgan fingerprint density at radius 2 is 2.30 bits per heavy atom. The van der Waals surface area contributed by atoms with Crippen molar-refractivity contribution in [3.05, 3.63) is 35.5 Å². The summed E-state index contributed by atoms with van der Waals surface area (Å²) in [4.78, 5) is 0. The summed E-state index contributed by atoms with van der Waals surface area (Å²) in [6, 6.07) is 1.81. The molecule has 0 spiro atoms. The Balaban J connectivity index is 3.43. The molecular formula is C8H8N2. The van der Waals surface area contributed by atoms with Gasteiger partial charge in [-0.1, -0.05) is 19.2 Å². The topological polar surface area (TPSA) is 25.8 Å². The van der Waals surface area contributed by atoms with Crippen molar-refractivity contribution in [1.29, 1.82) is 0 Å². The summed E-state index contributed by atoms with van der Waals surface area (Å²) in [5, 5.41) is 9.17. The number of rotatable bonds is 1. The van der Waals surface area contributed by atoms with Gasteiger partial charge in [0.2, 0.25) is 0 Å². The molecule has 50 valence electrons. The fourth-order valence-electron chi connectivity index (χ4n) is 0.620. The minimum Gasteiger partial charge on any atom is -0.159 e. The van der Waals surface area contributed by atoms with Crippen LogP contribution in [0.25, 0.3) is 12.7 Å². The van der Waals surface area contributed by atoms with Crippen LogP contribution < -0.4 is 10.6 Å². The highest BCUT2D eigenvalue weighted by atomic mass is 15.1. The highest BCUT2D eigenvalue weighted by Gasteiger charge is 1.78. The third-order valence-electron chi connectivity index (χ3n) is 1.11. The zero-order chi connectivity index (χ0) is 7.40. The predicted molar refractivity (Wildman–Crippen MR) is 41.5 cm³/mol. The van der Waals surface area contributed by atoms with Gasteiger partial charge >= 0.3 is 0 Å². The summed E-state index contributed by atoms with van der Waals surface area (Å²) in [6.45, 7) is 7.30. The second-order valence-electron chi connectivity index (χ2n) is 1.84. The lowest BCUT2D eigenvalue weighted by Gasteiger charge is -1.81. The molecule has 1 aromatic heterocycles. The minimum absolute atomic E-state index is 0.775. The van der Waals surface area contributed by atoms with Gasteiger partial charge in [0.05, 0.1) is 11.5 Å². The zero-order valence-corrected chi connectivity index (χ0v) is 5.62. The van der Waals surface area contributed by atoms with Gasteiger partial charge < -0.3 is 0 Å². The lowest BCUT2D eigenvalue weighted by Crippen LogP contribution is -2.26. The molecular weight excluding hydrogens is 124 g/mol. The average Bonchev–Trinajstić information content (AvgIpc) is 1.94. The number of hydrogen-bond acceptors (Lipinski definition) is 2. The van der Waals surface area contributed by atoms with E-state index in [1.165, 1.54) is 0 Å². The van der Waals surface area contributed by atoms with Crippen LogP contribution in [0.1, 0.15) is 0 Å². The molecule has 0 bridgehead atoms. The normalized spacial score (nSPS) is 11.4. The van der Waals surface area contributed by atoms with Crippen LogP contribution in [0.5, 0.6) is 0 Å². The number of aromatic nitrogens is 2. The van der Waals surface area contributed by atoms with Crippen molar-refractivity contribution in [2.75, 3.05) is 0 Å². The number of hydrogen-bond donors (Lipinski definition) is 0. The van der Waals surface area contributed by atoms with Gasteiger partial charge in [0, 0.05) is 0 Å². The molecule has 0 atom stereocenters. The molecule has 0 radical (unpaired) electrons. The Morgan fingerprint density at radius 1 is 1.50 bits per heavy atom. The summed E-state index contributed by atoms with van der Waals surface area (Å²) in [5.74, 6) is 0. The van der Waals surface area contributed by atoms with Gasteiger partial charge in [-0.2, -0.15) is 10.2 Å². The summed E-state index contributed by atoms with van der Waals surface area (Å²) in [5.41, 5.74) is 0. The van der Waals surface area contributed by atoms with Crippen LogP contribution in [0, 0.1) is 0 Å². The highest BCUT2D eigenvalue weighted by molar-refractivity contribution is 5.32. The maximum Gasteiger partial charge on any atom is 0.0923 e. The molecule has 0 amide bonds. The Morgan fingerprint density at radius 3 is 2.90 bits per heavy atom. The van der Waals surface area contributed by atoms with Crippen LogP contribution >= 0.6 is 0 Å². The summed E-state index contributed by atoms with van der Waals surface area (Å²) in [6.07, 6.45) is 5.05. The van der Waals surface area contributed by atoms with Gasteiger partial charge in [-0.05, 0) is 17.4 Å². The first-order valence-electron chi connectivity index (χ1n) is 2.94. The van der Waals surface area contributed by atoms with Gasteiger partial charge in [0.25, 0.3) is 0 Å². The van der Waals surface area contributed by atoms with E-state index in [1.807, 2.05) is 6.07 Å². The van der Waals surface area contributed by atoms with Gasteiger partial charge in [-0.3, -0.25) is 0 Å². The van der Waals surface area contributed by atoms with E-state index in [-0.39, 0.29) is 0 Å². The van der Waals surface area contributed by atoms with E-state index >= 15 is 0 Å². The van der Waals surface area contributed by atoms with Crippen LogP contribution in [-0.2, 0) is 0 Å². The zero-order valence-electron chi connectivity index (χ0n) is 5.62. The average molecular weight is 132 g/mol. The van der Waals surface area contributed by atoms with Crippen molar-refractivity contribution >= 4 is 12.7 Å². The third-order valence-corrected chi connectivity index (χ3v) is 1.11. The molecule has 0 aliphatic carbocycles. The standard InChI is InChI=1S/C8H8N2/c1-3-4-8-7(2)5-6-9-10-8/h3-6H,1-2H2/b8-4+. The minimum atomic E-state index is 0.775. The van der Waals surface area contributed by atoms with Crippen molar-refractivity contribution in [2.45, 2.75) is 0 Å². The van der Waals surface area contributed by atoms with E-state index in [1.54, 1.807) is 18.3 Å². The summed E-state index contributed by atoms with van der Waals surface area (Å²) >= 11 is 0. The highest BCUT2D eigenvalue weighted by Crippen LogP contribution is 1.61. The smallest absolute Gasteiger partial charge is 0.0923 e. The van der Waals surface area contributed by atoms with Crippen molar-refractivity contribution in [3.8, 4) is 0 Å². The Labute approximate surface area is 59.2 Å². The molecule has 2 heteroatoms. The molecule has 0 aromatic carbocycles. The van der Waals surface area contributed by atoms with E-state index in [4.69, 9.17) is 0 Å². The maximum absolute atomic E-state index is 3.83. The van der Waals surface area contributed by atoms with Gasteiger partial charge in [0.15, 0.2) is 0 Å². The monoisotopic (exact) mass is 132 g/mol. The van der Waals surface area contributed by atoms with Crippen LogP contribution in [-0.4, -0.2) is 10.2 Å². The molecule has 0 unspecified atom stereocenters. The van der Waals surface area contributed by atoms with Crippen molar-refractivity contribution < 1.29 is 0 Å². The Bertz CT molecular complexity index is 327. The predicted octanol–water partition coefficient (Wildman–Crippen LogP) is -0.147. The first-order valence-corrected chi connectivity index (χ1v) is 2.94. The van der Waals surface area contributed by atoms with E-state index in [9.17, 15) is 0 Å². The molecule has 1 aromatic rings. The molecule has 1 heterocycles. The van der Waals surface area contributed by atoms with Gasteiger partial charge in [-0.15, -0.1) is 0 Å². The van der Waals surface area contributed by atoms with Crippen LogP contribution in [0.15, 0.2) is 24.9 Å². The molecule has 0 saturated carbocycles. The fraction of sp³-hybridized carbons (Fsp3) is 0. The van der Waals surface area contributed by atoms with Gasteiger partial charge in [-0.25, -0.2) is 0 Å². The molecule has 2 nitrogen and oxygen atoms in total. The second-order valence-corrected chi connectivity index (χ2v) is 1.84. The molecule has 0 N–H and O–H groups in total. The second kappa shape index (κ2) is 2.92. The third kappa shape index (κ3) is 1.29.